The third kappa shape index (κ3) is 4.51. The second kappa shape index (κ2) is 9.47. The highest BCUT2D eigenvalue weighted by atomic mass is 32.2. The van der Waals surface area contributed by atoms with Gasteiger partial charge in [-0.25, -0.2) is 8.42 Å². The molecular formula is C29H30N2O4S. The number of furan rings is 1. The number of carbonyl (C=O) groups is 1. The molecule has 36 heavy (non-hydrogen) atoms. The molecule has 0 spiro atoms. The molecule has 1 saturated carbocycles. The topological polar surface area (TPSA) is 79.6 Å². The Morgan fingerprint density at radius 2 is 1.72 bits per heavy atom. The van der Waals surface area contributed by atoms with Gasteiger partial charge < -0.3 is 9.73 Å². The number of fused-ring (bicyclic) bond motifs is 1. The summed E-state index contributed by atoms with van der Waals surface area (Å²) in [6.07, 6.45) is 4.42. The first-order chi connectivity index (χ1) is 17.3. The first-order valence-corrected chi connectivity index (χ1v) is 14.0. The van der Waals surface area contributed by atoms with E-state index in [0.717, 1.165) is 41.5 Å². The Morgan fingerprint density at radius 3 is 2.31 bits per heavy atom. The van der Waals surface area contributed by atoms with Crippen LogP contribution in [0.25, 0.3) is 33.4 Å². The summed E-state index contributed by atoms with van der Waals surface area (Å²) >= 11 is 0. The Balaban J connectivity index is 1.80. The van der Waals surface area contributed by atoms with Gasteiger partial charge in [0.1, 0.15) is 11.3 Å². The summed E-state index contributed by atoms with van der Waals surface area (Å²) in [5, 5.41) is 3.38. The summed E-state index contributed by atoms with van der Waals surface area (Å²) in [6, 6.07) is 21.2. The maximum absolute atomic E-state index is 13.1. The third-order valence-corrected chi connectivity index (χ3v) is 8.12. The smallest absolute Gasteiger partial charge is 0.255 e. The van der Waals surface area contributed by atoms with Crippen LogP contribution in [0.15, 0.2) is 71.1 Å². The second-order valence-electron chi connectivity index (χ2n) is 9.57. The molecule has 0 bridgehead atoms. The molecule has 0 radical (unpaired) electrons. The average Bonchev–Trinajstić information content (AvgIpc) is 3.20. The van der Waals surface area contributed by atoms with Crippen molar-refractivity contribution < 1.29 is 17.6 Å². The predicted octanol–water partition coefficient (Wildman–Crippen LogP) is 6.00. The highest BCUT2D eigenvalue weighted by molar-refractivity contribution is 7.92. The molecule has 1 fully saturated rings. The van der Waals surface area contributed by atoms with E-state index in [1.54, 1.807) is 13.1 Å². The lowest BCUT2D eigenvalue weighted by Crippen LogP contribution is -2.37. The molecule has 0 saturated heterocycles. The molecule has 1 heterocycles. The summed E-state index contributed by atoms with van der Waals surface area (Å²) < 4.78 is 33.9. The number of sulfonamides is 1. The van der Waals surface area contributed by atoms with Crippen LogP contribution in [0.4, 0.5) is 5.69 Å². The summed E-state index contributed by atoms with van der Waals surface area (Å²) in [5.74, 6) is 0.538. The van der Waals surface area contributed by atoms with Crippen LogP contribution in [-0.4, -0.2) is 34.2 Å². The van der Waals surface area contributed by atoms with E-state index >= 15 is 0 Å². The van der Waals surface area contributed by atoms with Crippen LogP contribution < -0.4 is 9.62 Å². The Kier molecular flexibility index (Phi) is 6.35. The normalized spacial score (nSPS) is 14.0. The first-order valence-electron chi connectivity index (χ1n) is 12.2. The van der Waals surface area contributed by atoms with Gasteiger partial charge in [-0.3, -0.25) is 9.10 Å². The van der Waals surface area contributed by atoms with Crippen molar-refractivity contribution in [1.82, 2.24) is 5.32 Å². The minimum atomic E-state index is -3.56. The van der Waals surface area contributed by atoms with E-state index < -0.39 is 10.0 Å². The van der Waals surface area contributed by atoms with Crippen molar-refractivity contribution >= 4 is 32.6 Å². The van der Waals surface area contributed by atoms with Crippen molar-refractivity contribution in [1.29, 1.82) is 0 Å². The van der Waals surface area contributed by atoms with Gasteiger partial charge in [0.05, 0.1) is 17.5 Å². The second-order valence-corrected chi connectivity index (χ2v) is 11.5. The van der Waals surface area contributed by atoms with E-state index in [2.05, 4.69) is 5.32 Å². The van der Waals surface area contributed by atoms with Gasteiger partial charge in [-0.1, -0.05) is 66.6 Å². The Hall–Kier alpha value is -3.58. The largest absolute Gasteiger partial charge is 0.455 e. The fourth-order valence-corrected chi connectivity index (χ4v) is 5.76. The molecule has 5 rings (SSSR count). The molecule has 3 aromatic carbocycles. The van der Waals surface area contributed by atoms with Gasteiger partial charge in [-0.2, -0.15) is 0 Å². The van der Waals surface area contributed by atoms with Crippen molar-refractivity contribution in [3.05, 3.63) is 77.9 Å². The summed E-state index contributed by atoms with van der Waals surface area (Å²) in [6.45, 7) is 2.43. The van der Waals surface area contributed by atoms with Crippen LogP contribution in [-0.2, 0) is 10.0 Å². The maximum Gasteiger partial charge on any atom is 0.255 e. The highest BCUT2D eigenvalue weighted by Crippen LogP contribution is 2.42. The fourth-order valence-electron chi connectivity index (χ4n) is 4.77. The van der Waals surface area contributed by atoms with Crippen molar-refractivity contribution in [3.8, 4) is 22.5 Å². The van der Waals surface area contributed by atoms with Gasteiger partial charge in [0, 0.05) is 36.2 Å². The number of benzene rings is 3. The minimum Gasteiger partial charge on any atom is -0.455 e. The monoisotopic (exact) mass is 502 g/mol. The van der Waals surface area contributed by atoms with Crippen molar-refractivity contribution in [2.45, 2.75) is 26.2 Å². The highest BCUT2D eigenvalue weighted by Gasteiger charge is 2.30. The molecule has 1 N–H and O–H groups in total. The van der Waals surface area contributed by atoms with Crippen LogP contribution in [0.5, 0.6) is 0 Å². The van der Waals surface area contributed by atoms with E-state index in [1.807, 2.05) is 67.6 Å². The van der Waals surface area contributed by atoms with E-state index in [4.69, 9.17) is 4.42 Å². The van der Waals surface area contributed by atoms with Crippen molar-refractivity contribution in [2.24, 2.45) is 5.92 Å². The SMILES string of the molecule is CNC(=O)c1c(-c2ccc(C)cc2)oc2cc(N(CC3CCC3)S(C)(=O)=O)c(-c3ccccc3)cc12. The zero-order chi connectivity index (χ0) is 25.4. The lowest BCUT2D eigenvalue weighted by Gasteiger charge is -2.33. The fraction of sp³-hybridized carbons (Fsp3) is 0.276. The molecule has 4 aromatic rings. The van der Waals surface area contributed by atoms with E-state index in [-0.39, 0.29) is 5.91 Å². The molecule has 186 valence electrons. The van der Waals surface area contributed by atoms with Gasteiger partial charge >= 0.3 is 0 Å². The number of hydrogen-bond donors (Lipinski definition) is 1. The number of rotatable bonds is 7. The van der Waals surface area contributed by atoms with Crippen molar-refractivity contribution in [3.63, 3.8) is 0 Å². The summed E-state index contributed by atoms with van der Waals surface area (Å²) in [7, 11) is -1.96. The molecule has 7 heteroatoms. The number of nitrogens with one attached hydrogen (secondary N) is 1. The average molecular weight is 503 g/mol. The standard InChI is InChI=1S/C29H30N2O4S/c1-19-12-14-22(15-13-19)28-27(29(32)30-2)24-16-23(21-10-5-4-6-11-21)25(17-26(24)35-28)31(36(3,33)34)18-20-8-7-9-20/h4-6,10-17,20H,7-9,18H2,1-3H3,(H,30,32). The Bertz CT molecular complexity index is 1520. The first kappa shape index (κ1) is 24.1. The number of hydrogen-bond acceptors (Lipinski definition) is 4. The minimum absolute atomic E-state index is 0.259. The predicted molar refractivity (Wildman–Crippen MR) is 145 cm³/mol. The number of carbonyl (C=O) groups excluding carboxylic acids is 1. The molecule has 0 unspecified atom stereocenters. The van der Waals surface area contributed by atoms with Crippen LogP contribution >= 0.6 is 0 Å². The van der Waals surface area contributed by atoms with E-state index in [1.165, 1.54) is 10.6 Å². The molecule has 6 nitrogen and oxygen atoms in total. The lowest BCUT2D eigenvalue weighted by molar-refractivity contribution is 0.0964. The third-order valence-electron chi connectivity index (χ3n) is 6.98. The van der Waals surface area contributed by atoms with Gasteiger partial charge in [-0.05, 0) is 37.3 Å². The molecule has 1 amide bonds. The van der Waals surface area contributed by atoms with E-state index in [0.29, 0.717) is 40.4 Å². The molecule has 1 aromatic heterocycles. The zero-order valence-corrected chi connectivity index (χ0v) is 21.6. The molecular weight excluding hydrogens is 472 g/mol. The number of aryl methyl sites for hydroxylation is 1. The van der Waals surface area contributed by atoms with Gasteiger partial charge in [0.15, 0.2) is 0 Å². The molecule has 1 aliphatic rings. The molecule has 0 aliphatic heterocycles. The maximum atomic E-state index is 13.1. The Morgan fingerprint density at radius 1 is 1.03 bits per heavy atom. The lowest BCUT2D eigenvalue weighted by atomic mass is 9.85. The molecule has 0 atom stereocenters. The molecule has 1 aliphatic carbocycles. The quantitative estimate of drug-likeness (QED) is 0.336. The van der Waals surface area contributed by atoms with Gasteiger partial charge in [0.25, 0.3) is 5.91 Å². The van der Waals surface area contributed by atoms with Crippen LogP contribution in [0.2, 0.25) is 0 Å². The number of nitrogens with zero attached hydrogens (tertiary/aromatic N) is 1. The van der Waals surface area contributed by atoms with Crippen LogP contribution in [0, 0.1) is 12.8 Å². The van der Waals surface area contributed by atoms with Crippen LogP contribution in [0.3, 0.4) is 0 Å². The summed E-state index contributed by atoms with van der Waals surface area (Å²) in [5.41, 5.74) is 4.98. The summed E-state index contributed by atoms with van der Waals surface area (Å²) in [4.78, 5) is 13.1. The Labute approximate surface area is 212 Å². The van der Waals surface area contributed by atoms with E-state index in [9.17, 15) is 13.2 Å². The van der Waals surface area contributed by atoms with Crippen LogP contribution in [0.1, 0.15) is 35.2 Å². The zero-order valence-electron chi connectivity index (χ0n) is 20.7. The van der Waals surface area contributed by atoms with Gasteiger partial charge in [-0.15, -0.1) is 0 Å². The van der Waals surface area contributed by atoms with Crippen molar-refractivity contribution in [2.75, 3.05) is 24.2 Å². The van der Waals surface area contributed by atoms with Gasteiger partial charge in [0.2, 0.25) is 10.0 Å². The number of anilines is 1. The number of amides is 1.